The van der Waals surface area contributed by atoms with Crippen molar-refractivity contribution in [3.05, 3.63) is 70.6 Å². The molecule has 1 atom stereocenters. The van der Waals surface area contributed by atoms with Crippen molar-refractivity contribution in [3.8, 4) is 0 Å². The van der Waals surface area contributed by atoms with E-state index in [-0.39, 0.29) is 11.7 Å². The first kappa shape index (κ1) is 17.0. The lowest BCUT2D eigenvalue weighted by molar-refractivity contribution is 0.142. The number of halogens is 1. The second-order valence-corrected chi connectivity index (χ2v) is 7.14. The maximum atomic E-state index is 14.4. The molecule has 1 N–H and O–H groups in total. The maximum absolute atomic E-state index is 14.4. The summed E-state index contributed by atoms with van der Waals surface area (Å²) < 4.78 is 16.3. The number of likely N-dealkylation sites (tertiary alicyclic amines) is 1. The molecule has 4 rings (SSSR count). The Balaban J connectivity index is 1.36. The molecule has 0 aliphatic carbocycles. The minimum atomic E-state index is -0.857. The highest BCUT2D eigenvalue weighted by Crippen LogP contribution is 2.25. The molecule has 2 aromatic carbocycles. The number of aromatic amines is 1. The predicted octanol–water partition coefficient (Wildman–Crippen LogP) is 3.55. The van der Waals surface area contributed by atoms with Crippen molar-refractivity contribution in [1.29, 1.82) is 0 Å². The molecule has 1 aromatic heterocycles. The number of nitrogens with zero attached hydrogens (tertiary/aromatic N) is 2. The number of nitrogens with one attached hydrogen (secondary N) is 1. The number of para-hydroxylation sites is 2. The minimum Gasteiger partial charge on any atom is -0.306 e. The normalized spacial score (nSPS) is 17.6. The van der Waals surface area contributed by atoms with Crippen molar-refractivity contribution in [2.24, 2.45) is 0 Å². The van der Waals surface area contributed by atoms with Crippen LogP contribution in [0.2, 0.25) is 0 Å². The summed E-state index contributed by atoms with van der Waals surface area (Å²) in [6.45, 7) is 2.11. The lowest BCUT2D eigenvalue weighted by atomic mass is 10.0. The lowest BCUT2D eigenvalue weighted by Gasteiger charge is -2.33. The van der Waals surface area contributed by atoms with E-state index < -0.39 is 6.17 Å². The molecule has 0 bridgehead atoms. The van der Waals surface area contributed by atoms with Gasteiger partial charge in [0.15, 0.2) is 0 Å². The lowest BCUT2D eigenvalue weighted by Crippen LogP contribution is -2.40. The Morgan fingerprint density at radius 2 is 1.73 bits per heavy atom. The molecule has 1 aliphatic rings. The first-order chi connectivity index (χ1) is 12.7. The number of hydrogen-bond donors (Lipinski definition) is 1. The van der Waals surface area contributed by atoms with Crippen LogP contribution >= 0.6 is 0 Å². The van der Waals surface area contributed by atoms with Gasteiger partial charge in [-0.1, -0.05) is 42.5 Å². The summed E-state index contributed by atoms with van der Waals surface area (Å²) in [6.07, 6.45) is 1.35. The monoisotopic (exact) mass is 353 g/mol. The van der Waals surface area contributed by atoms with E-state index in [2.05, 4.69) is 9.88 Å². The minimum absolute atomic E-state index is 0.0444. The van der Waals surface area contributed by atoms with Crippen LogP contribution < -0.4 is 5.69 Å². The summed E-state index contributed by atoms with van der Waals surface area (Å²) >= 11 is 0. The van der Waals surface area contributed by atoms with Gasteiger partial charge >= 0.3 is 5.69 Å². The van der Waals surface area contributed by atoms with Crippen LogP contribution in [0.25, 0.3) is 11.0 Å². The number of hydrogen-bond acceptors (Lipinski definition) is 2. The Morgan fingerprint density at radius 1 is 1.04 bits per heavy atom. The van der Waals surface area contributed by atoms with Crippen LogP contribution in [-0.2, 0) is 6.42 Å². The molecule has 4 nitrogen and oxygen atoms in total. The molecule has 0 spiro atoms. The van der Waals surface area contributed by atoms with Gasteiger partial charge in [-0.15, -0.1) is 0 Å². The highest BCUT2D eigenvalue weighted by molar-refractivity contribution is 5.75. The van der Waals surface area contributed by atoms with Crippen molar-refractivity contribution >= 4 is 11.0 Å². The van der Waals surface area contributed by atoms with Crippen molar-refractivity contribution in [3.63, 3.8) is 0 Å². The van der Waals surface area contributed by atoms with Gasteiger partial charge in [-0.2, -0.15) is 0 Å². The molecule has 0 radical (unpaired) electrons. The molecule has 1 aliphatic heterocycles. The molecule has 2 heterocycles. The van der Waals surface area contributed by atoms with E-state index in [4.69, 9.17) is 0 Å². The SMILES string of the molecule is O=c1[nH]c2ccccc2n1C1CCN(C[C@H](F)Cc2ccccc2)CC1. The second-order valence-electron chi connectivity index (χ2n) is 7.14. The fraction of sp³-hybridized carbons (Fsp3) is 0.381. The molecule has 5 heteroatoms. The fourth-order valence-electron chi connectivity index (χ4n) is 4.01. The maximum Gasteiger partial charge on any atom is 0.326 e. The van der Waals surface area contributed by atoms with Gasteiger partial charge < -0.3 is 9.88 Å². The molecule has 0 saturated carbocycles. The highest BCUT2D eigenvalue weighted by atomic mass is 19.1. The number of imidazole rings is 1. The molecule has 136 valence electrons. The third-order valence-electron chi connectivity index (χ3n) is 5.30. The number of benzene rings is 2. The van der Waals surface area contributed by atoms with Crippen LogP contribution in [0.5, 0.6) is 0 Å². The van der Waals surface area contributed by atoms with Gasteiger partial charge in [0.25, 0.3) is 0 Å². The van der Waals surface area contributed by atoms with Crippen molar-refractivity contribution in [1.82, 2.24) is 14.5 Å². The average molecular weight is 353 g/mol. The predicted molar refractivity (Wildman–Crippen MR) is 102 cm³/mol. The average Bonchev–Trinajstić information content (AvgIpc) is 2.99. The summed E-state index contributed by atoms with van der Waals surface area (Å²) in [5.74, 6) is 0. The Bertz CT molecular complexity index is 910. The van der Waals surface area contributed by atoms with Crippen LogP contribution in [0, 0.1) is 0 Å². The molecule has 3 aromatic rings. The van der Waals surface area contributed by atoms with Crippen molar-refractivity contribution < 1.29 is 4.39 Å². The Labute approximate surface area is 152 Å². The first-order valence-corrected chi connectivity index (χ1v) is 9.30. The molecule has 1 saturated heterocycles. The van der Waals surface area contributed by atoms with E-state index in [1.165, 1.54) is 0 Å². The zero-order chi connectivity index (χ0) is 17.9. The number of rotatable bonds is 5. The van der Waals surface area contributed by atoms with E-state index in [1.807, 2.05) is 59.2 Å². The molecule has 1 fully saturated rings. The largest absolute Gasteiger partial charge is 0.326 e. The summed E-state index contributed by atoms with van der Waals surface area (Å²) in [7, 11) is 0. The third kappa shape index (κ3) is 3.58. The number of alkyl halides is 1. The van der Waals surface area contributed by atoms with Crippen LogP contribution in [-0.4, -0.2) is 40.3 Å². The van der Waals surface area contributed by atoms with Crippen LogP contribution in [0.1, 0.15) is 24.4 Å². The van der Waals surface area contributed by atoms with Gasteiger partial charge in [-0.05, 0) is 30.5 Å². The summed E-state index contributed by atoms with van der Waals surface area (Å²) in [5.41, 5.74) is 2.84. The standard InChI is InChI=1S/C21H24FN3O/c22-17(14-16-6-2-1-3-7-16)15-24-12-10-18(11-13-24)25-20-9-5-4-8-19(20)23-21(25)26/h1-9,17-18H,10-15H2,(H,23,26)/t17-/m1/s1. The van der Waals surface area contributed by atoms with Crippen LogP contribution in [0.3, 0.4) is 0 Å². The number of fused-ring (bicyclic) bond motifs is 1. The van der Waals surface area contributed by atoms with E-state index in [1.54, 1.807) is 0 Å². The zero-order valence-electron chi connectivity index (χ0n) is 14.8. The zero-order valence-corrected chi connectivity index (χ0v) is 14.8. The molecule has 0 amide bonds. The molecular weight excluding hydrogens is 329 g/mol. The number of aromatic nitrogens is 2. The van der Waals surface area contributed by atoms with Gasteiger partial charge in [0, 0.05) is 32.1 Å². The van der Waals surface area contributed by atoms with Gasteiger partial charge in [-0.25, -0.2) is 9.18 Å². The van der Waals surface area contributed by atoms with Crippen LogP contribution in [0.15, 0.2) is 59.4 Å². The van der Waals surface area contributed by atoms with Crippen LogP contribution in [0.4, 0.5) is 4.39 Å². The third-order valence-corrected chi connectivity index (χ3v) is 5.30. The van der Waals surface area contributed by atoms with E-state index in [9.17, 15) is 9.18 Å². The Morgan fingerprint density at radius 3 is 2.50 bits per heavy atom. The van der Waals surface area contributed by atoms with Crippen molar-refractivity contribution in [2.75, 3.05) is 19.6 Å². The smallest absolute Gasteiger partial charge is 0.306 e. The Kier molecular flexibility index (Phi) is 4.89. The van der Waals surface area contributed by atoms with Crippen molar-refractivity contribution in [2.45, 2.75) is 31.5 Å². The highest BCUT2D eigenvalue weighted by Gasteiger charge is 2.25. The molecule has 26 heavy (non-hydrogen) atoms. The van der Waals surface area contributed by atoms with Gasteiger partial charge in [0.05, 0.1) is 11.0 Å². The van der Waals surface area contributed by atoms with E-state index in [0.717, 1.165) is 42.5 Å². The summed E-state index contributed by atoms with van der Waals surface area (Å²) in [4.78, 5) is 17.4. The van der Waals surface area contributed by atoms with Gasteiger partial charge in [0.1, 0.15) is 6.17 Å². The number of piperidine rings is 1. The quantitative estimate of drug-likeness (QED) is 0.762. The molecular formula is C21H24FN3O. The summed E-state index contributed by atoms with van der Waals surface area (Å²) in [5, 5.41) is 0. The summed E-state index contributed by atoms with van der Waals surface area (Å²) in [6, 6.07) is 17.8. The van der Waals surface area contributed by atoms with Gasteiger partial charge in [0.2, 0.25) is 0 Å². The second kappa shape index (κ2) is 7.46. The first-order valence-electron chi connectivity index (χ1n) is 9.30. The topological polar surface area (TPSA) is 41.0 Å². The van der Waals surface area contributed by atoms with E-state index >= 15 is 0 Å². The Hall–Kier alpha value is -2.40. The molecule has 0 unspecified atom stereocenters. The fourth-order valence-corrected chi connectivity index (χ4v) is 4.01. The number of H-pyrrole nitrogens is 1. The van der Waals surface area contributed by atoms with E-state index in [0.29, 0.717) is 13.0 Å². The van der Waals surface area contributed by atoms with Gasteiger partial charge in [-0.3, -0.25) is 4.57 Å².